The van der Waals surface area contributed by atoms with Crippen molar-refractivity contribution < 1.29 is 9.84 Å². The van der Waals surface area contributed by atoms with E-state index in [1.165, 1.54) is 4.57 Å². The largest absolute Gasteiger partial charge is 0.494 e. The minimum atomic E-state index is -0.312. The molecule has 0 aliphatic carbocycles. The minimum Gasteiger partial charge on any atom is -0.494 e. The fourth-order valence-electron chi connectivity index (χ4n) is 3.24. The Kier molecular flexibility index (Phi) is 4.50. The van der Waals surface area contributed by atoms with Crippen LogP contribution < -0.4 is 5.56 Å². The molecule has 4 rings (SSSR count). The summed E-state index contributed by atoms with van der Waals surface area (Å²) in [5, 5.41) is 12.0. The number of pyridine rings is 2. The third kappa shape index (κ3) is 2.99. The van der Waals surface area contributed by atoms with Gasteiger partial charge in [0.2, 0.25) is 5.88 Å². The Bertz CT molecular complexity index is 1010. The molecule has 1 N–H and O–H groups in total. The van der Waals surface area contributed by atoms with Gasteiger partial charge in [0.05, 0.1) is 18.2 Å². The van der Waals surface area contributed by atoms with E-state index in [0.29, 0.717) is 28.7 Å². The quantitative estimate of drug-likeness (QED) is 0.735. The lowest BCUT2D eigenvalue weighted by molar-refractivity contribution is 0.118. The number of aromatic nitrogens is 2. The molecule has 1 saturated heterocycles. The number of hydrogen-bond donors (Lipinski definition) is 1. The summed E-state index contributed by atoms with van der Waals surface area (Å²) in [5.41, 5.74) is 0.192. The van der Waals surface area contributed by atoms with Gasteiger partial charge < -0.3 is 9.84 Å². The van der Waals surface area contributed by atoms with Crippen LogP contribution in [0.4, 0.5) is 0 Å². The summed E-state index contributed by atoms with van der Waals surface area (Å²) in [6.45, 7) is 1.31. The Labute approximate surface area is 150 Å². The zero-order valence-corrected chi connectivity index (χ0v) is 14.2. The number of rotatable bonds is 4. The molecule has 1 aliphatic rings. The molecule has 0 radical (unpaired) electrons. The predicted octanol–water partition coefficient (Wildman–Crippen LogP) is 2.69. The van der Waals surface area contributed by atoms with Crippen LogP contribution in [0.2, 0.25) is 0 Å². The van der Waals surface area contributed by atoms with Crippen LogP contribution in [0.1, 0.15) is 18.4 Å². The molecular weight excluding hydrogens is 330 g/mol. The highest BCUT2D eigenvalue weighted by Crippen LogP contribution is 2.25. The molecule has 3 aromatic rings. The lowest BCUT2D eigenvalue weighted by Gasteiger charge is -2.13. The molecule has 0 amide bonds. The molecule has 1 fully saturated rings. The zero-order valence-electron chi connectivity index (χ0n) is 14.2. The Morgan fingerprint density at radius 3 is 2.77 bits per heavy atom. The standard InChI is InChI=1S/C20H19N3O3/c24-19-16-8-2-1-7-15(16)17(13-21-12-14-6-5-11-26-14)20(25)23(19)18-9-3-4-10-22-18/h1-4,7-10,13-14,25H,5-6,11-12H2/t14-/m0/s1. The lowest BCUT2D eigenvalue weighted by Crippen LogP contribution is -2.21. The van der Waals surface area contributed by atoms with E-state index in [-0.39, 0.29) is 17.5 Å². The van der Waals surface area contributed by atoms with Crippen molar-refractivity contribution >= 4 is 17.0 Å². The summed E-state index contributed by atoms with van der Waals surface area (Å²) in [6.07, 6.45) is 5.39. The third-order valence-electron chi connectivity index (χ3n) is 4.54. The van der Waals surface area contributed by atoms with Gasteiger partial charge in [0.25, 0.3) is 5.56 Å². The van der Waals surface area contributed by atoms with Crippen LogP contribution in [0.15, 0.2) is 58.4 Å². The first-order valence-electron chi connectivity index (χ1n) is 8.65. The van der Waals surface area contributed by atoms with E-state index in [1.54, 1.807) is 42.7 Å². The molecule has 3 heterocycles. The highest BCUT2D eigenvalue weighted by Gasteiger charge is 2.17. The summed E-state index contributed by atoms with van der Waals surface area (Å²) in [5.74, 6) is 0.206. The van der Waals surface area contributed by atoms with Crippen LogP contribution in [-0.4, -0.2) is 40.1 Å². The molecule has 0 spiro atoms. The summed E-state index contributed by atoms with van der Waals surface area (Å²) in [4.78, 5) is 21.5. The van der Waals surface area contributed by atoms with Crippen LogP contribution in [0.5, 0.6) is 5.88 Å². The van der Waals surface area contributed by atoms with Crippen molar-refractivity contribution in [3.05, 3.63) is 64.6 Å². The summed E-state index contributed by atoms with van der Waals surface area (Å²) < 4.78 is 6.80. The summed E-state index contributed by atoms with van der Waals surface area (Å²) >= 11 is 0. The molecule has 1 atom stereocenters. The van der Waals surface area contributed by atoms with Crippen molar-refractivity contribution in [3.8, 4) is 11.7 Å². The lowest BCUT2D eigenvalue weighted by atomic mass is 10.1. The smallest absolute Gasteiger partial charge is 0.267 e. The van der Waals surface area contributed by atoms with Gasteiger partial charge in [0.1, 0.15) is 5.82 Å². The molecular formula is C20H19N3O3. The van der Waals surface area contributed by atoms with Crippen molar-refractivity contribution in [2.24, 2.45) is 4.99 Å². The summed E-state index contributed by atoms with van der Waals surface area (Å²) in [6, 6.07) is 12.4. The molecule has 0 saturated carbocycles. The molecule has 1 aliphatic heterocycles. The monoisotopic (exact) mass is 349 g/mol. The van der Waals surface area contributed by atoms with Gasteiger partial charge in [-0.1, -0.05) is 24.3 Å². The van der Waals surface area contributed by atoms with Crippen molar-refractivity contribution in [2.75, 3.05) is 13.2 Å². The molecule has 2 aromatic heterocycles. The van der Waals surface area contributed by atoms with Gasteiger partial charge >= 0.3 is 0 Å². The maximum atomic E-state index is 12.9. The van der Waals surface area contributed by atoms with Gasteiger partial charge in [0.15, 0.2) is 0 Å². The van der Waals surface area contributed by atoms with Crippen LogP contribution >= 0.6 is 0 Å². The zero-order chi connectivity index (χ0) is 17.9. The van der Waals surface area contributed by atoms with Crippen molar-refractivity contribution in [2.45, 2.75) is 18.9 Å². The third-order valence-corrected chi connectivity index (χ3v) is 4.54. The number of nitrogens with zero attached hydrogens (tertiary/aromatic N) is 3. The number of ether oxygens (including phenoxy) is 1. The van der Waals surface area contributed by atoms with Crippen molar-refractivity contribution in [1.29, 1.82) is 0 Å². The van der Waals surface area contributed by atoms with E-state index in [9.17, 15) is 9.90 Å². The number of hydrogen-bond acceptors (Lipinski definition) is 5. The number of aliphatic imine (C=N–C) groups is 1. The van der Waals surface area contributed by atoms with E-state index in [1.807, 2.05) is 12.1 Å². The molecule has 0 bridgehead atoms. The topological polar surface area (TPSA) is 76.7 Å². The first-order chi connectivity index (χ1) is 12.8. The van der Waals surface area contributed by atoms with Gasteiger partial charge in [-0.05, 0) is 31.0 Å². The second-order valence-electron chi connectivity index (χ2n) is 6.24. The minimum absolute atomic E-state index is 0.126. The van der Waals surface area contributed by atoms with E-state index in [0.717, 1.165) is 19.4 Å². The van der Waals surface area contributed by atoms with Crippen LogP contribution in [-0.2, 0) is 4.74 Å². The first kappa shape index (κ1) is 16.5. The maximum Gasteiger partial charge on any atom is 0.267 e. The summed E-state index contributed by atoms with van der Waals surface area (Å²) in [7, 11) is 0. The molecule has 0 unspecified atom stereocenters. The normalized spacial score (nSPS) is 17.3. The molecule has 132 valence electrons. The van der Waals surface area contributed by atoms with Crippen molar-refractivity contribution in [1.82, 2.24) is 9.55 Å². The highest BCUT2D eigenvalue weighted by atomic mass is 16.5. The predicted molar refractivity (Wildman–Crippen MR) is 100 cm³/mol. The highest BCUT2D eigenvalue weighted by molar-refractivity contribution is 6.01. The maximum absolute atomic E-state index is 12.9. The molecule has 1 aromatic carbocycles. The Morgan fingerprint density at radius 2 is 2.04 bits per heavy atom. The van der Waals surface area contributed by atoms with Gasteiger partial charge in [-0.15, -0.1) is 0 Å². The SMILES string of the molecule is O=c1c2ccccc2c(C=NC[C@@H]2CCCO2)c(O)n1-c1ccccn1. The van der Waals surface area contributed by atoms with E-state index < -0.39 is 0 Å². The average molecular weight is 349 g/mol. The fraction of sp³-hybridized carbons (Fsp3) is 0.250. The van der Waals surface area contributed by atoms with Crippen LogP contribution in [0.3, 0.4) is 0 Å². The van der Waals surface area contributed by atoms with Gasteiger partial charge in [-0.3, -0.25) is 9.79 Å². The Morgan fingerprint density at radius 1 is 1.23 bits per heavy atom. The van der Waals surface area contributed by atoms with E-state index in [4.69, 9.17) is 4.74 Å². The van der Waals surface area contributed by atoms with E-state index >= 15 is 0 Å². The second-order valence-corrected chi connectivity index (χ2v) is 6.24. The Hall–Kier alpha value is -2.99. The average Bonchev–Trinajstić information content (AvgIpc) is 3.19. The molecule has 6 heteroatoms. The fourth-order valence-corrected chi connectivity index (χ4v) is 3.24. The number of aromatic hydroxyl groups is 1. The second kappa shape index (κ2) is 7.09. The Balaban J connectivity index is 1.85. The molecule has 26 heavy (non-hydrogen) atoms. The van der Waals surface area contributed by atoms with Gasteiger partial charge in [-0.2, -0.15) is 0 Å². The number of fused-ring (bicyclic) bond motifs is 1. The number of benzene rings is 1. The van der Waals surface area contributed by atoms with Gasteiger partial charge in [-0.25, -0.2) is 9.55 Å². The van der Waals surface area contributed by atoms with E-state index in [2.05, 4.69) is 9.98 Å². The van der Waals surface area contributed by atoms with Crippen molar-refractivity contribution in [3.63, 3.8) is 0 Å². The first-order valence-corrected chi connectivity index (χ1v) is 8.65. The van der Waals surface area contributed by atoms with Crippen LogP contribution in [0, 0.1) is 0 Å². The van der Waals surface area contributed by atoms with Crippen LogP contribution in [0.25, 0.3) is 16.6 Å². The molecule has 6 nitrogen and oxygen atoms in total. The van der Waals surface area contributed by atoms with Gasteiger partial charge in [0, 0.05) is 29.8 Å².